The molecule has 11 nitrogen and oxygen atoms in total. The summed E-state index contributed by atoms with van der Waals surface area (Å²) >= 11 is 7.88. The third-order valence-corrected chi connectivity index (χ3v) is 7.01. The number of thiocarbonyl (C=S) groups is 1. The summed E-state index contributed by atoms with van der Waals surface area (Å²) in [7, 11) is 0. The SMILES string of the molecule is CC(=O)OC[C@H]1O[C@@H](N2C(=O)/C(=C\c3cccs3)SC2=S)[C@H](OC(C)=O)[C@@H](OC(C)=O)[C@H]1OC(C)=O. The van der Waals surface area contributed by atoms with Crippen LogP contribution >= 0.6 is 35.3 Å². The zero-order valence-electron chi connectivity index (χ0n) is 19.7. The Balaban J connectivity index is 2.04. The fourth-order valence-corrected chi connectivity index (χ4v) is 5.65. The van der Waals surface area contributed by atoms with E-state index >= 15 is 0 Å². The Morgan fingerprint density at radius 2 is 1.61 bits per heavy atom. The summed E-state index contributed by atoms with van der Waals surface area (Å²) in [6.07, 6.45) is -5.06. The molecule has 0 saturated carbocycles. The number of thioether (sulfide) groups is 1. The summed E-state index contributed by atoms with van der Waals surface area (Å²) in [5.41, 5.74) is 0. The van der Waals surface area contributed by atoms with Gasteiger partial charge in [-0.1, -0.05) is 30.0 Å². The van der Waals surface area contributed by atoms with Gasteiger partial charge in [0, 0.05) is 32.6 Å². The summed E-state index contributed by atoms with van der Waals surface area (Å²) in [4.78, 5) is 63.0. The molecule has 0 aliphatic carbocycles. The molecule has 0 spiro atoms. The van der Waals surface area contributed by atoms with Gasteiger partial charge in [0.05, 0.1) is 4.91 Å². The Kier molecular flexibility index (Phi) is 9.22. The minimum Gasteiger partial charge on any atom is -0.463 e. The lowest BCUT2D eigenvalue weighted by Crippen LogP contribution is -2.66. The molecule has 0 radical (unpaired) electrons. The lowest BCUT2D eigenvalue weighted by molar-refractivity contribution is -0.268. The molecule has 3 rings (SSSR count). The lowest BCUT2D eigenvalue weighted by atomic mass is 9.96. The van der Waals surface area contributed by atoms with Crippen LogP contribution < -0.4 is 0 Å². The Hall–Kier alpha value is -2.81. The van der Waals surface area contributed by atoms with E-state index in [9.17, 15) is 24.0 Å². The van der Waals surface area contributed by atoms with Crippen LogP contribution in [-0.2, 0) is 47.7 Å². The highest BCUT2D eigenvalue weighted by Crippen LogP contribution is 2.39. The van der Waals surface area contributed by atoms with E-state index in [4.69, 9.17) is 35.9 Å². The van der Waals surface area contributed by atoms with Crippen LogP contribution in [0.15, 0.2) is 22.4 Å². The van der Waals surface area contributed by atoms with Crippen molar-refractivity contribution >= 4 is 75.5 Å². The van der Waals surface area contributed by atoms with E-state index in [1.165, 1.54) is 18.3 Å². The number of ether oxygens (including phenoxy) is 5. The van der Waals surface area contributed by atoms with Crippen LogP contribution in [0.5, 0.6) is 0 Å². The number of carbonyl (C=O) groups excluding carboxylic acids is 5. The molecule has 1 aromatic rings. The second kappa shape index (κ2) is 12.0. The number of rotatable bonds is 7. The van der Waals surface area contributed by atoms with Crippen molar-refractivity contribution in [1.29, 1.82) is 0 Å². The van der Waals surface area contributed by atoms with E-state index in [1.807, 2.05) is 17.5 Å². The number of esters is 4. The van der Waals surface area contributed by atoms with Gasteiger partial charge in [0.2, 0.25) is 0 Å². The predicted octanol–water partition coefficient (Wildman–Crippen LogP) is 2.03. The number of amides is 1. The summed E-state index contributed by atoms with van der Waals surface area (Å²) in [6, 6.07) is 3.66. The maximum absolute atomic E-state index is 13.4. The summed E-state index contributed by atoms with van der Waals surface area (Å²) in [5.74, 6) is -3.47. The van der Waals surface area contributed by atoms with E-state index in [2.05, 4.69) is 0 Å². The molecule has 2 aliphatic rings. The van der Waals surface area contributed by atoms with Crippen molar-refractivity contribution < 1.29 is 47.7 Å². The Morgan fingerprint density at radius 3 is 2.17 bits per heavy atom. The van der Waals surface area contributed by atoms with Gasteiger partial charge in [0.25, 0.3) is 5.91 Å². The largest absolute Gasteiger partial charge is 0.463 e. The Morgan fingerprint density at radius 1 is 1.00 bits per heavy atom. The van der Waals surface area contributed by atoms with Gasteiger partial charge in [-0.3, -0.25) is 28.9 Å². The van der Waals surface area contributed by atoms with Crippen molar-refractivity contribution in [2.75, 3.05) is 6.61 Å². The van der Waals surface area contributed by atoms with Gasteiger partial charge in [-0.2, -0.15) is 0 Å². The predicted molar refractivity (Wildman–Crippen MR) is 131 cm³/mol. The maximum atomic E-state index is 13.4. The Bertz CT molecular complexity index is 1090. The Labute approximate surface area is 220 Å². The lowest BCUT2D eigenvalue weighted by Gasteiger charge is -2.46. The first-order valence-corrected chi connectivity index (χ1v) is 12.7. The van der Waals surface area contributed by atoms with Crippen molar-refractivity contribution in [1.82, 2.24) is 4.90 Å². The highest BCUT2D eigenvalue weighted by Gasteiger charge is 2.56. The fourth-order valence-electron chi connectivity index (χ4n) is 3.62. The average Bonchev–Trinajstić information content (AvgIpc) is 3.37. The van der Waals surface area contributed by atoms with Crippen LogP contribution in [0.1, 0.15) is 32.6 Å². The average molecular weight is 558 g/mol. The molecular weight excluding hydrogens is 534 g/mol. The molecule has 0 aromatic carbocycles. The van der Waals surface area contributed by atoms with E-state index in [1.54, 1.807) is 6.08 Å². The van der Waals surface area contributed by atoms with Crippen molar-refractivity contribution in [3.63, 3.8) is 0 Å². The van der Waals surface area contributed by atoms with Gasteiger partial charge in [0.1, 0.15) is 12.7 Å². The zero-order valence-corrected chi connectivity index (χ0v) is 22.1. The van der Waals surface area contributed by atoms with E-state index < -0.39 is 67.0 Å². The molecular formula is C22H23NO10S3. The molecule has 3 heterocycles. The summed E-state index contributed by atoms with van der Waals surface area (Å²) < 4.78 is 27.4. The van der Waals surface area contributed by atoms with Crippen LogP contribution in [-0.4, -0.2) is 76.3 Å². The molecule has 0 bridgehead atoms. The van der Waals surface area contributed by atoms with E-state index in [-0.39, 0.29) is 4.32 Å². The minimum atomic E-state index is -1.42. The third-order valence-electron chi connectivity index (χ3n) is 4.86. The maximum Gasteiger partial charge on any atom is 0.303 e. The van der Waals surface area contributed by atoms with Gasteiger partial charge in [-0.05, 0) is 17.5 Å². The van der Waals surface area contributed by atoms with Crippen LogP contribution in [0, 0.1) is 0 Å². The molecule has 2 aliphatic heterocycles. The third kappa shape index (κ3) is 6.69. The summed E-state index contributed by atoms with van der Waals surface area (Å²) in [6.45, 7) is 4.12. The first-order chi connectivity index (χ1) is 17.0. The van der Waals surface area contributed by atoms with E-state index in [0.29, 0.717) is 4.91 Å². The number of hydrogen-bond acceptors (Lipinski definition) is 13. The van der Waals surface area contributed by atoms with Crippen LogP contribution in [0.25, 0.3) is 6.08 Å². The molecule has 1 amide bonds. The van der Waals surface area contributed by atoms with Crippen molar-refractivity contribution in [3.8, 4) is 0 Å². The topological polar surface area (TPSA) is 135 Å². The zero-order chi connectivity index (χ0) is 26.6. The van der Waals surface area contributed by atoms with Crippen molar-refractivity contribution in [2.45, 2.75) is 58.3 Å². The number of thiophene rings is 1. The van der Waals surface area contributed by atoms with Gasteiger partial charge in [-0.25, -0.2) is 0 Å². The van der Waals surface area contributed by atoms with Crippen LogP contribution in [0.4, 0.5) is 0 Å². The first-order valence-electron chi connectivity index (χ1n) is 10.6. The molecule has 2 fully saturated rings. The highest BCUT2D eigenvalue weighted by atomic mass is 32.2. The number of hydrogen-bond donors (Lipinski definition) is 0. The molecule has 194 valence electrons. The monoisotopic (exact) mass is 557 g/mol. The minimum absolute atomic E-state index is 0.101. The number of nitrogens with zero attached hydrogens (tertiary/aromatic N) is 1. The second-order valence-electron chi connectivity index (χ2n) is 7.66. The molecule has 14 heteroatoms. The van der Waals surface area contributed by atoms with Gasteiger partial charge >= 0.3 is 23.9 Å². The van der Waals surface area contributed by atoms with Crippen molar-refractivity contribution in [2.24, 2.45) is 0 Å². The van der Waals surface area contributed by atoms with Gasteiger partial charge < -0.3 is 23.7 Å². The number of carbonyl (C=O) groups is 5. The molecule has 1 aromatic heterocycles. The molecule has 36 heavy (non-hydrogen) atoms. The molecule has 5 atom stereocenters. The van der Waals surface area contributed by atoms with Gasteiger partial charge in [0.15, 0.2) is 28.9 Å². The molecule has 0 unspecified atom stereocenters. The standard InChI is InChI=1S/C22H23NO10S3/c1-10(24)29-9-15-17(30-11(2)25)18(31-12(3)26)19(32-13(4)27)21(33-15)23-20(28)16(36-22(23)34)8-14-6-5-7-35-14/h5-8,15,17-19,21H,9H2,1-4H3/b16-8+/t15-,17+,18+,19-,21-/m1/s1. The molecule has 0 N–H and O–H groups in total. The summed E-state index contributed by atoms with van der Waals surface area (Å²) in [5, 5.41) is 1.85. The van der Waals surface area contributed by atoms with Crippen LogP contribution in [0.3, 0.4) is 0 Å². The highest BCUT2D eigenvalue weighted by molar-refractivity contribution is 8.26. The quantitative estimate of drug-likeness (QED) is 0.210. The van der Waals surface area contributed by atoms with Gasteiger partial charge in [-0.15, -0.1) is 11.3 Å². The van der Waals surface area contributed by atoms with E-state index in [0.717, 1.165) is 42.3 Å². The smallest absolute Gasteiger partial charge is 0.303 e. The van der Waals surface area contributed by atoms with Crippen LogP contribution in [0.2, 0.25) is 0 Å². The second-order valence-corrected chi connectivity index (χ2v) is 10.3. The fraction of sp³-hybridized carbons (Fsp3) is 0.455. The first kappa shape index (κ1) is 27.8. The normalized spacial score (nSPS) is 27.1. The van der Waals surface area contributed by atoms with Crippen molar-refractivity contribution in [3.05, 3.63) is 27.3 Å². The molecule has 2 saturated heterocycles.